The molecule has 0 bridgehead atoms. The minimum absolute atomic E-state index is 0.0334. The smallest absolute Gasteiger partial charge is 0.262 e. The minimum Gasteiger partial charge on any atom is -0.368 e. The van der Waals surface area contributed by atoms with Gasteiger partial charge in [-0.15, -0.1) is 0 Å². The van der Waals surface area contributed by atoms with Crippen LogP contribution >= 0.6 is 0 Å². The topological polar surface area (TPSA) is 110 Å². The van der Waals surface area contributed by atoms with Crippen LogP contribution in [-0.4, -0.2) is 42.0 Å². The molecule has 7 heteroatoms. The molecule has 1 atom stereocenters. The third kappa shape index (κ3) is 2.62. The minimum atomic E-state index is -1.11. The van der Waals surface area contributed by atoms with Crippen molar-refractivity contribution >= 4 is 24.0 Å². The van der Waals surface area contributed by atoms with E-state index in [0.717, 1.165) is 4.90 Å². The fourth-order valence-corrected chi connectivity index (χ4v) is 2.62. The van der Waals surface area contributed by atoms with E-state index in [9.17, 15) is 19.2 Å². The summed E-state index contributed by atoms with van der Waals surface area (Å²) in [6, 6.07) is 3.87. The number of carbonyl (C=O) groups is 4. The summed E-state index contributed by atoms with van der Waals surface area (Å²) in [7, 11) is 1.73. The van der Waals surface area contributed by atoms with Gasteiger partial charge >= 0.3 is 0 Å². The Balaban J connectivity index is 2.43. The highest BCUT2D eigenvalue weighted by Crippen LogP contribution is 2.28. The van der Waals surface area contributed by atoms with Crippen LogP contribution in [0.15, 0.2) is 18.2 Å². The van der Waals surface area contributed by atoms with Crippen molar-refractivity contribution in [3.05, 3.63) is 34.9 Å². The molecule has 0 aliphatic carbocycles. The highest BCUT2D eigenvalue weighted by atomic mass is 16.2. The van der Waals surface area contributed by atoms with Gasteiger partial charge in [-0.2, -0.15) is 0 Å². The first-order chi connectivity index (χ1) is 10.5. The first kappa shape index (κ1) is 15.8. The number of hydrogen-bond acceptors (Lipinski definition) is 5. The first-order valence-corrected chi connectivity index (χ1v) is 6.90. The second-order valence-electron chi connectivity index (χ2n) is 5.01. The number of benzene rings is 1. The molecule has 1 aromatic rings. The van der Waals surface area contributed by atoms with Gasteiger partial charge in [0.1, 0.15) is 12.3 Å². The predicted molar refractivity (Wildman–Crippen MR) is 78.0 cm³/mol. The Kier molecular flexibility index (Phi) is 4.67. The molecule has 0 saturated heterocycles. The fraction of sp³-hybridized carbons (Fsp3) is 0.333. The number of amides is 3. The van der Waals surface area contributed by atoms with Crippen molar-refractivity contribution in [3.8, 4) is 0 Å². The molecule has 0 aromatic heterocycles. The van der Waals surface area contributed by atoms with Crippen LogP contribution in [0.25, 0.3) is 0 Å². The van der Waals surface area contributed by atoms with E-state index in [0.29, 0.717) is 24.0 Å². The molecule has 1 aromatic carbocycles. The molecule has 0 radical (unpaired) electrons. The lowest BCUT2D eigenvalue weighted by Gasteiger charge is -2.22. The molecular formula is C15H17N3O4. The lowest BCUT2D eigenvalue weighted by molar-refractivity contribution is -0.122. The third-order valence-corrected chi connectivity index (χ3v) is 3.60. The van der Waals surface area contributed by atoms with Crippen LogP contribution in [0.4, 0.5) is 0 Å². The predicted octanol–water partition coefficient (Wildman–Crippen LogP) is -0.165. The van der Waals surface area contributed by atoms with Crippen LogP contribution in [0, 0.1) is 0 Å². The highest BCUT2D eigenvalue weighted by molar-refractivity contribution is 6.23. The summed E-state index contributed by atoms with van der Waals surface area (Å²) >= 11 is 0. The average Bonchev–Trinajstić information content (AvgIpc) is 2.74. The number of hydrogen-bond donors (Lipinski definition) is 2. The normalized spacial score (nSPS) is 14.9. The van der Waals surface area contributed by atoms with Crippen LogP contribution in [0.3, 0.4) is 0 Å². The number of fused-ring (bicyclic) bond motifs is 1. The van der Waals surface area contributed by atoms with Crippen molar-refractivity contribution in [2.75, 3.05) is 7.05 Å². The second-order valence-corrected chi connectivity index (χ2v) is 5.01. The Hall–Kier alpha value is -2.54. The molecule has 22 heavy (non-hydrogen) atoms. The van der Waals surface area contributed by atoms with E-state index in [-0.39, 0.29) is 18.4 Å². The molecule has 2 rings (SSSR count). The van der Waals surface area contributed by atoms with Crippen LogP contribution in [-0.2, 0) is 16.1 Å². The molecule has 3 amide bonds. The van der Waals surface area contributed by atoms with Crippen molar-refractivity contribution < 1.29 is 19.2 Å². The van der Waals surface area contributed by atoms with Gasteiger partial charge < -0.3 is 15.8 Å². The van der Waals surface area contributed by atoms with E-state index in [1.54, 1.807) is 25.2 Å². The Bertz CT molecular complexity index is 642. The Morgan fingerprint density at radius 2 is 2.09 bits per heavy atom. The number of carbonyl (C=O) groups excluding carboxylic acids is 4. The maximum Gasteiger partial charge on any atom is 0.262 e. The van der Waals surface area contributed by atoms with Crippen molar-refractivity contribution in [2.45, 2.75) is 25.4 Å². The van der Waals surface area contributed by atoms with Crippen LogP contribution in [0.2, 0.25) is 0 Å². The SMILES string of the molecule is CNCc1cccc2c1C(=O)N(C(CCC=O)C(N)=O)C2=O. The van der Waals surface area contributed by atoms with Crippen molar-refractivity contribution in [1.82, 2.24) is 10.2 Å². The molecule has 116 valence electrons. The zero-order valence-electron chi connectivity index (χ0n) is 12.2. The molecule has 3 N–H and O–H groups in total. The maximum atomic E-state index is 12.6. The summed E-state index contributed by atoms with van der Waals surface area (Å²) in [4.78, 5) is 48.0. The van der Waals surface area contributed by atoms with Gasteiger partial charge in [-0.1, -0.05) is 12.1 Å². The number of nitrogens with zero attached hydrogens (tertiary/aromatic N) is 1. The van der Waals surface area contributed by atoms with Gasteiger partial charge in [-0.25, -0.2) is 0 Å². The summed E-state index contributed by atoms with van der Waals surface area (Å²) in [6.45, 7) is 0.422. The summed E-state index contributed by atoms with van der Waals surface area (Å²) in [5, 5.41) is 2.93. The zero-order valence-corrected chi connectivity index (χ0v) is 12.2. The van der Waals surface area contributed by atoms with Crippen LogP contribution < -0.4 is 11.1 Å². The van der Waals surface area contributed by atoms with Crippen LogP contribution in [0.5, 0.6) is 0 Å². The Labute approximate surface area is 127 Å². The largest absolute Gasteiger partial charge is 0.368 e. The van der Waals surface area contributed by atoms with Crippen molar-refractivity contribution in [1.29, 1.82) is 0 Å². The van der Waals surface area contributed by atoms with E-state index in [1.807, 2.05) is 0 Å². The van der Waals surface area contributed by atoms with Gasteiger partial charge in [-0.3, -0.25) is 19.3 Å². The zero-order chi connectivity index (χ0) is 16.3. The molecule has 0 fully saturated rings. The van der Waals surface area contributed by atoms with E-state index in [2.05, 4.69) is 5.32 Å². The van der Waals surface area contributed by atoms with Crippen molar-refractivity contribution in [3.63, 3.8) is 0 Å². The summed E-state index contributed by atoms with van der Waals surface area (Å²) in [5.74, 6) is -1.89. The molecule has 0 saturated carbocycles. The number of nitrogens with one attached hydrogen (secondary N) is 1. The number of nitrogens with two attached hydrogens (primary N) is 1. The molecular weight excluding hydrogens is 286 g/mol. The average molecular weight is 303 g/mol. The van der Waals surface area contributed by atoms with Gasteiger partial charge in [0.05, 0.1) is 11.1 Å². The third-order valence-electron chi connectivity index (χ3n) is 3.60. The number of imide groups is 1. The first-order valence-electron chi connectivity index (χ1n) is 6.90. The van der Waals surface area contributed by atoms with E-state index >= 15 is 0 Å². The fourth-order valence-electron chi connectivity index (χ4n) is 2.62. The maximum absolute atomic E-state index is 12.6. The number of primary amides is 1. The summed E-state index contributed by atoms with van der Waals surface area (Å²) in [6.07, 6.45) is 0.705. The Morgan fingerprint density at radius 1 is 1.36 bits per heavy atom. The molecule has 1 unspecified atom stereocenters. The van der Waals surface area contributed by atoms with Gasteiger partial charge in [0, 0.05) is 13.0 Å². The van der Waals surface area contributed by atoms with Crippen LogP contribution in [0.1, 0.15) is 39.1 Å². The lowest BCUT2D eigenvalue weighted by atomic mass is 10.0. The monoisotopic (exact) mass is 303 g/mol. The second kappa shape index (κ2) is 6.48. The molecule has 0 spiro atoms. The molecule has 1 heterocycles. The molecule has 1 aliphatic heterocycles. The van der Waals surface area contributed by atoms with Gasteiger partial charge in [0.15, 0.2) is 0 Å². The molecule has 1 aliphatic rings. The quantitative estimate of drug-likeness (QED) is 0.537. The lowest BCUT2D eigenvalue weighted by Crippen LogP contribution is -2.47. The van der Waals surface area contributed by atoms with E-state index < -0.39 is 23.8 Å². The summed E-state index contributed by atoms with van der Waals surface area (Å²) < 4.78 is 0. The highest BCUT2D eigenvalue weighted by Gasteiger charge is 2.42. The van der Waals surface area contributed by atoms with E-state index in [4.69, 9.17) is 5.73 Å². The number of aldehydes is 1. The Morgan fingerprint density at radius 3 is 2.68 bits per heavy atom. The number of rotatable bonds is 7. The van der Waals surface area contributed by atoms with Gasteiger partial charge in [-0.05, 0) is 25.1 Å². The summed E-state index contributed by atoms with van der Waals surface area (Å²) in [5.41, 5.74) is 6.53. The molecule has 7 nitrogen and oxygen atoms in total. The van der Waals surface area contributed by atoms with E-state index in [1.165, 1.54) is 0 Å². The van der Waals surface area contributed by atoms with Crippen molar-refractivity contribution in [2.24, 2.45) is 5.73 Å². The standard InChI is InChI=1S/C15H17N3O4/c1-17-8-9-4-2-5-10-12(9)15(22)18(14(10)21)11(13(16)20)6-3-7-19/h2,4-5,7,11,17H,3,6,8H2,1H3,(H2,16,20). The van der Waals surface area contributed by atoms with Gasteiger partial charge in [0.25, 0.3) is 11.8 Å². The van der Waals surface area contributed by atoms with Gasteiger partial charge in [0.2, 0.25) is 5.91 Å².